The van der Waals surface area contributed by atoms with Crippen LogP contribution in [0, 0.1) is 11.8 Å². The fourth-order valence-corrected chi connectivity index (χ4v) is 6.81. The van der Waals surface area contributed by atoms with Gasteiger partial charge in [-0.1, -0.05) is 175 Å². The lowest BCUT2D eigenvalue weighted by Gasteiger charge is -2.26. The van der Waals surface area contributed by atoms with E-state index in [2.05, 4.69) is 25.7 Å². The molecule has 1 fully saturated rings. The summed E-state index contributed by atoms with van der Waals surface area (Å²) in [5.41, 5.74) is 0. The lowest BCUT2D eigenvalue weighted by Crippen LogP contribution is -2.37. The standard InChI is InChI=1S/C39H77NO3/c1-4-7-10-11-14-18-23-29-38(39(41)43-34-25-31-40-32-35-42-36-33-40)30-24-19-16-13-12-15-17-22-28-37(26-20-8-5-2)27-21-9-6-3/h37-38H,4-36H2,1-3H3. The van der Waals surface area contributed by atoms with Crippen molar-refractivity contribution in [2.75, 3.05) is 39.5 Å². The van der Waals surface area contributed by atoms with Gasteiger partial charge in [-0.15, -0.1) is 0 Å². The quantitative estimate of drug-likeness (QED) is 0.0563. The van der Waals surface area contributed by atoms with E-state index in [0.717, 1.165) is 58.0 Å². The van der Waals surface area contributed by atoms with Crippen molar-refractivity contribution in [1.29, 1.82) is 0 Å². The number of morpholine rings is 1. The molecule has 1 unspecified atom stereocenters. The molecule has 0 amide bonds. The Kier molecular flexibility index (Phi) is 29.5. The van der Waals surface area contributed by atoms with Crippen LogP contribution in [-0.4, -0.2) is 50.3 Å². The topological polar surface area (TPSA) is 38.8 Å². The van der Waals surface area contributed by atoms with Crippen molar-refractivity contribution in [3.63, 3.8) is 0 Å². The Bertz CT molecular complexity index is 567. The Labute approximate surface area is 270 Å². The van der Waals surface area contributed by atoms with Gasteiger partial charge < -0.3 is 9.47 Å². The molecule has 4 heteroatoms. The highest BCUT2D eigenvalue weighted by Crippen LogP contribution is 2.25. The van der Waals surface area contributed by atoms with Gasteiger partial charge in [-0.2, -0.15) is 0 Å². The van der Waals surface area contributed by atoms with E-state index in [0.29, 0.717) is 6.61 Å². The Morgan fingerprint density at radius 2 is 0.953 bits per heavy atom. The predicted molar refractivity (Wildman–Crippen MR) is 187 cm³/mol. The van der Waals surface area contributed by atoms with E-state index < -0.39 is 0 Å². The maximum absolute atomic E-state index is 13.0. The summed E-state index contributed by atoms with van der Waals surface area (Å²) in [7, 11) is 0. The molecule has 1 aliphatic rings. The summed E-state index contributed by atoms with van der Waals surface area (Å²) in [6, 6.07) is 0. The van der Waals surface area contributed by atoms with Crippen molar-refractivity contribution < 1.29 is 14.3 Å². The second-order valence-electron chi connectivity index (χ2n) is 13.8. The highest BCUT2D eigenvalue weighted by molar-refractivity contribution is 5.72. The largest absolute Gasteiger partial charge is 0.465 e. The zero-order valence-corrected chi connectivity index (χ0v) is 29.7. The highest BCUT2D eigenvalue weighted by Gasteiger charge is 2.19. The van der Waals surface area contributed by atoms with Crippen LogP contribution >= 0.6 is 0 Å². The summed E-state index contributed by atoms with van der Waals surface area (Å²) < 4.78 is 11.3. The van der Waals surface area contributed by atoms with Crippen molar-refractivity contribution in [1.82, 2.24) is 4.90 Å². The van der Waals surface area contributed by atoms with Crippen LogP contribution in [0.5, 0.6) is 0 Å². The summed E-state index contributed by atoms with van der Waals surface area (Å²) in [6.07, 6.45) is 35.8. The summed E-state index contributed by atoms with van der Waals surface area (Å²) >= 11 is 0. The predicted octanol–water partition coefficient (Wildman–Crippen LogP) is 11.7. The van der Waals surface area contributed by atoms with Gasteiger partial charge in [-0.25, -0.2) is 0 Å². The first-order valence-electron chi connectivity index (χ1n) is 19.7. The summed E-state index contributed by atoms with van der Waals surface area (Å²) in [6.45, 7) is 12.2. The number of hydrogen-bond acceptors (Lipinski definition) is 4. The number of carbonyl (C=O) groups is 1. The van der Waals surface area contributed by atoms with Crippen LogP contribution in [0.1, 0.15) is 194 Å². The Balaban J connectivity index is 2.19. The average molecular weight is 608 g/mol. The second-order valence-corrected chi connectivity index (χ2v) is 13.8. The first-order valence-corrected chi connectivity index (χ1v) is 19.7. The third kappa shape index (κ3) is 25.3. The number of rotatable bonds is 32. The molecule has 1 aliphatic heterocycles. The minimum Gasteiger partial charge on any atom is -0.465 e. The van der Waals surface area contributed by atoms with Gasteiger partial charge in [-0.05, 0) is 25.2 Å². The number of nitrogens with zero attached hydrogens (tertiary/aromatic N) is 1. The SMILES string of the molecule is CCCCCCCCCC(CCCCCCCCCCC(CCCCC)CCCCC)C(=O)OCCCN1CCOCC1. The normalized spacial score (nSPS) is 14.9. The van der Waals surface area contributed by atoms with Crippen LogP contribution < -0.4 is 0 Å². The molecule has 1 heterocycles. The molecule has 0 radical (unpaired) electrons. The molecule has 1 saturated heterocycles. The molecule has 1 rings (SSSR count). The first kappa shape index (κ1) is 40.4. The molecule has 1 atom stereocenters. The highest BCUT2D eigenvalue weighted by atomic mass is 16.5. The number of ether oxygens (including phenoxy) is 2. The van der Waals surface area contributed by atoms with E-state index >= 15 is 0 Å². The Hall–Kier alpha value is -0.610. The van der Waals surface area contributed by atoms with E-state index in [4.69, 9.17) is 9.47 Å². The number of hydrogen-bond donors (Lipinski definition) is 0. The third-order valence-electron chi connectivity index (χ3n) is 9.80. The number of unbranched alkanes of at least 4 members (excludes halogenated alkanes) is 17. The average Bonchev–Trinajstić information content (AvgIpc) is 3.02. The van der Waals surface area contributed by atoms with Crippen LogP contribution in [0.4, 0.5) is 0 Å². The lowest BCUT2D eigenvalue weighted by molar-refractivity contribution is -0.149. The molecular weight excluding hydrogens is 530 g/mol. The van der Waals surface area contributed by atoms with Gasteiger partial charge in [0, 0.05) is 19.6 Å². The van der Waals surface area contributed by atoms with Gasteiger partial charge in [0.2, 0.25) is 0 Å². The smallest absolute Gasteiger partial charge is 0.308 e. The minimum absolute atomic E-state index is 0.0793. The van der Waals surface area contributed by atoms with Crippen molar-refractivity contribution in [2.45, 2.75) is 194 Å². The van der Waals surface area contributed by atoms with Crippen LogP contribution in [0.15, 0.2) is 0 Å². The van der Waals surface area contributed by atoms with Crippen LogP contribution in [-0.2, 0) is 14.3 Å². The van der Waals surface area contributed by atoms with Crippen molar-refractivity contribution in [3.05, 3.63) is 0 Å². The summed E-state index contributed by atoms with van der Waals surface area (Å²) in [4.78, 5) is 15.4. The van der Waals surface area contributed by atoms with Gasteiger partial charge in [-0.3, -0.25) is 9.69 Å². The molecule has 0 aromatic heterocycles. The zero-order chi connectivity index (χ0) is 31.1. The molecule has 0 N–H and O–H groups in total. The van der Waals surface area contributed by atoms with Gasteiger partial charge in [0.25, 0.3) is 0 Å². The minimum atomic E-state index is 0.0793. The Morgan fingerprint density at radius 1 is 0.558 bits per heavy atom. The second kappa shape index (κ2) is 31.4. The van der Waals surface area contributed by atoms with Crippen molar-refractivity contribution >= 4 is 5.97 Å². The molecule has 0 spiro atoms. The summed E-state index contributed by atoms with van der Waals surface area (Å²) in [5.74, 6) is 1.18. The molecular formula is C39H77NO3. The van der Waals surface area contributed by atoms with Gasteiger partial charge in [0.05, 0.1) is 25.7 Å². The van der Waals surface area contributed by atoms with E-state index in [1.165, 1.54) is 154 Å². The van der Waals surface area contributed by atoms with E-state index in [1.807, 2.05) is 0 Å². The molecule has 4 nitrogen and oxygen atoms in total. The maximum atomic E-state index is 13.0. The molecule has 0 bridgehead atoms. The molecule has 43 heavy (non-hydrogen) atoms. The van der Waals surface area contributed by atoms with E-state index in [9.17, 15) is 4.79 Å². The van der Waals surface area contributed by atoms with Crippen LogP contribution in [0.2, 0.25) is 0 Å². The number of carbonyl (C=O) groups excluding carboxylic acids is 1. The van der Waals surface area contributed by atoms with Crippen LogP contribution in [0.25, 0.3) is 0 Å². The molecule has 0 saturated carbocycles. The Morgan fingerprint density at radius 3 is 1.44 bits per heavy atom. The molecule has 0 aromatic carbocycles. The van der Waals surface area contributed by atoms with Crippen LogP contribution in [0.3, 0.4) is 0 Å². The fraction of sp³-hybridized carbons (Fsp3) is 0.974. The monoisotopic (exact) mass is 608 g/mol. The first-order chi connectivity index (χ1) is 21.2. The lowest BCUT2D eigenvalue weighted by atomic mass is 9.90. The molecule has 0 aliphatic carbocycles. The summed E-state index contributed by atoms with van der Waals surface area (Å²) in [5, 5.41) is 0. The van der Waals surface area contributed by atoms with Gasteiger partial charge >= 0.3 is 5.97 Å². The molecule has 256 valence electrons. The van der Waals surface area contributed by atoms with E-state index in [-0.39, 0.29) is 11.9 Å². The van der Waals surface area contributed by atoms with Gasteiger partial charge in [0.15, 0.2) is 0 Å². The fourth-order valence-electron chi connectivity index (χ4n) is 6.81. The number of esters is 1. The van der Waals surface area contributed by atoms with E-state index in [1.54, 1.807) is 0 Å². The molecule has 0 aromatic rings. The maximum Gasteiger partial charge on any atom is 0.308 e. The van der Waals surface area contributed by atoms with Crippen molar-refractivity contribution in [2.24, 2.45) is 11.8 Å². The van der Waals surface area contributed by atoms with Gasteiger partial charge in [0.1, 0.15) is 0 Å². The van der Waals surface area contributed by atoms with Crippen molar-refractivity contribution in [3.8, 4) is 0 Å². The zero-order valence-electron chi connectivity index (χ0n) is 29.7. The third-order valence-corrected chi connectivity index (χ3v) is 9.80.